The zero-order valence-electron chi connectivity index (χ0n) is 16.7. The highest BCUT2D eigenvalue weighted by molar-refractivity contribution is 6.05. The molecule has 3 aliphatic rings. The number of aryl methyl sites for hydroxylation is 1. The number of nitrogens with one attached hydrogen (secondary N) is 2. The maximum absolute atomic E-state index is 13.0. The van der Waals surface area contributed by atoms with E-state index in [1.165, 1.54) is 11.3 Å². The first-order chi connectivity index (χ1) is 13.9. The zero-order chi connectivity index (χ0) is 20.4. The van der Waals surface area contributed by atoms with Crippen molar-refractivity contribution in [2.45, 2.75) is 63.7 Å². The second-order valence-corrected chi connectivity index (χ2v) is 8.20. The molecule has 5 nitrogen and oxygen atoms in total. The number of nitrogens with zero attached hydrogens (tertiary/aromatic N) is 3. The highest BCUT2D eigenvalue weighted by atomic mass is 19.4. The van der Waals surface area contributed by atoms with E-state index in [1.807, 2.05) is 19.1 Å². The van der Waals surface area contributed by atoms with Crippen molar-refractivity contribution in [1.29, 1.82) is 0 Å². The first-order valence-corrected chi connectivity index (χ1v) is 10.4. The lowest BCUT2D eigenvalue weighted by Gasteiger charge is -2.37. The number of benzene rings is 1. The molecule has 2 heterocycles. The summed E-state index contributed by atoms with van der Waals surface area (Å²) < 4.78 is 39.0. The van der Waals surface area contributed by atoms with Crippen molar-refractivity contribution in [3.05, 3.63) is 29.3 Å². The van der Waals surface area contributed by atoms with E-state index in [2.05, 4.69) is 20.6 Å². The summed E-state index contributed by atoms with van der Waals surface area (Å²) >= 11 is 0. The number of hydrogen-bond acceptors (Lipinski definition) is 5. The van der Waals surface area contributed by atoms with Gasteiger partial charge in [0, 0.05) is 36.3 Å². The van der Waals surface area contributed by atoms with Crippen molar-refractivity contribution in [3.63, 3.8) is 0 Å². The highest BCUT2D eigenvalue weighted by Gasteiger charge is 2.34. The van der Waals surface area contributed by atoms with Crippen LogP contribution in [0.4, 0.5) is 18.9 Å². The molecule has 0 spiro atoms. The number of alkyl halides is 3. The van der Waals surface area contributed by atoms with Crippen LogP contribution in [-0.4, -0.2) is 49.7 Å². The molecule has 0 amide bonds. The van der Waals surface area contributed by atoms with Crippen LogP contribution in [0.15, 0.2) is 28.2 Å². The Bertz CT molecular complexity index is 802. The Morgan fingerprint density at radius 1 is 1.07 bits per heavy atom. The second kappa shape index (κ2) is 8.24. The Kier molecular flexibility index (Phi) is 5.69. The van der Waals surface area contributed by atoms with E-state index in [9.17, 15) is 13.2 Å². The molecule has 0 aromatic heterocycles. The lowest BCUT2D eigenvalue weighted by atomic mass is 9.89. The van der Waals surface area contributed by atoms with E-state index >= 15 is 0 Å². The maximum Gasteiger partial charge on any atom is 0.405 e. The average molecular weight is 407 g/mol. The molecule has 1 saturated carbocycles. The van der Waals surface area contributed by atoms with Gasteiger partial charge < -0.3 is 15.5 Å². The van der Waals surface area contributed by atoms with Crippen LogP contribution in [-0.2, 0) is 0 Å². The first-order valence-electron chi connectivity index (χ1n) is 10.4. The molecule has 8 heteroatoms. The van der Waals surface area contributed by atoms with Crippen molar-refractivity contribution in [2.24, 2.45) is 9.98 Å². The van der Waals surface area contributed by atoms with Gasteiger partial charge in [-0.3, -0.25) is 4.99 Å². The van der Waals surface area contributed by atoms with E-state index in [-0.39, 0.29) is 18.8 Å². The minimum absolute atomic E-state index is 0.00935. The molecule has 0 radical (unpaired) electrons. The van der Waals surface area contributed by atoms with Crippen LogP contribution < -0.4 is 15.5 Å². The van der Waals surface area contributed by atoms with Gasteiger partial charge in [-0.05, 0) is 38.3 Å². The summed E-state index contributed by atoms with van der Waals surface area (Å²) in [5.74, 6) is 1.79. The summed E-state index contributed by atoms with van der Waals surface area (Å²) in [5, 5.41) is 7.18. The zero-order valence-corrected chi connectivity index (χ0v) is 16.7. The predicted molar refractivity (Wildman–Crippen MR) is 110 cm³/mol. The Hall–Kier alpha value is -2.25. The molecule has 4 rings (SSSR count). The molecule has 0 bridgehead atoms. The summed E-state index contributed by atoms with van der Waals surface area (Å²) in [4.78, 5) is 10.3. The fraction of sp³-hybridized carbons (Fsp3) is 0.619. The molecule has 0 saturated heterocycles. The largest absolute Gasteiger partial charge is 0.405 e. The summed E-state index contributed by atoms with van der Waals surface area (Å²) in [6, 6.07) is 6.01. The Balaban J connectivity index is 1.54. The lowest BCUT2D eigenvalue weighted by Crippen LogP contribution is -2.54. The molecular formula is C21H28F3N5. The Morgan fingerprint density at radius 2 is 1.83 bits per heavy atom. The van der Waals surface area contributed by atoms with E-state index in [4.69, 9.17) is 0 Å². The van der Waals surface area contributed by atoms with Gasteiger partial charge in [0.2, 0.25) is 0 Å². The smallest absolute Gasteiger partial charge is 0.369 e. The molecule has 0 unspecified atom stereocenters. The third kappa shape index (κ3) is 4.85. The molecule has 1 aliphatic carbocycles. The molecule has 2 N–H and O–H groups in total. The predicted octanol–water partition coefficient (Wildman–Crippen LogP) is 3.76. The van der Waals surface area contributed by atoms with Gasteiger partial charge >= 0.3 is 6.18 Å². The highest BCUT2D eigenvalue weighted by Crippen LogP contribution is 2.30. The third-order valence-corrected chi connectivity index (χ3v) is 5.83. The van der Waals surface area contributed by atoms with Crippen molar-refractivity contribution in [3.8, 4) is 0 Å². The fourth-order valence-electron chi connectivity index (χ4n) is 4.43. The number of aliphatic imine (C=N–C) groups is 2. The quantitative estimate of drug-likeness (QED) is 0.802. The number of fused-ring (bicyclic) bond motifs is 1. The van der Waals surface area contributed by atoms with Crippen molar-refractivity contribution in [2.75, 3.05) is 24.7 Å². The maximum atomic E-state index is 13.0. The molecule has 1 fully saturated rings. The summed E-state index contributed by atoms with van der Waals surface area (Å²) in [6.45, 7) is 1.86. The molecule has 2 aliphatic heterocycles. The minimum atomic E-state index is -4.26. The topological polar surface area (TPSA) is 52.0 Å². The molecule has 1 aromatic carbocycles. The molecule has 158 valence electrons. The van der Waals surface area contributed by atoms with E-state index in [0.717, 1.165) is 55.6 Å². The number of hydrogen-bond donors (Lipinski definition) is 2. The van der Waals surface area contributed by atoms with Crippen LogP contribution in [0.5, 0.6) is 0 Å². The van der Waals surface area contributed by atoms with Crippen LogP contribution in [0.3, 0.4) is 0 Å². The third-order valence-electron chi connectivity index (χ3n) is 5.83. The molecular weight excluding hydrogens is 379 g/mol. The number of anilines is 1. The van der Waals surface area contributed by atoms with Crippen LogP contribution >= 0.6 is 0 Å². The normalized spacial score (nSPS) is 24.6. The van der Waals surface area contributed by atoms with Gasteiger partial charge in [0.1, 0.15) is 19.0 Å². The average Bonchev–Trinajstić information content (AvgIpc) is 3.17. The van der Waals surface area contributed by atoms with Crippen LogP contribution in [0.25, 0.3) is 0 Å². The van der Waals surface area contributed by atoms with Crippen LogP contribution in [0.2, 0.25) is 0 Å². The van der Waals surface area contributed by atoms with Crippen molar-refractivity contribution < 1.29 is 13.2 Å². The number of amidine groups is 2. The second-order valence-electron chi connectivity index (χ2n) is 8.20. The van der Waals surface area contributed by atoms with Gasteiger partial charge in [0.25, 0.3) is 0 Å². The van der Waals surface area contributed by atoms with Gasteiger partial charge in [-0.15, -0.1) is 0 Å². The first kappa shape index (κ1) is 20.0. The fourth-order valence-corrected chi connectivity index (χ4v) is 4.43. The molecule has 2 atom stereocenters. The number of rotatable bonds is 3. The van der Waals surface area contributed by atoms with Crippen LogP contribution in [0.1, 0.15) is 49.7 Å². The lowest BCUT2D eigenvalue weighted by molar-refractivity contribution is -0.119. The minimum Gasteiger partial charge on any atom is -0.369 e. The van der Waals surface area contributed by atoms with Crippen molar-refractivity contribution >= 4 is 17.4 Å². The Labute approximate surface area is 169 Å². The van der Waals surface area contributed by atoms with Crippen molar-refractivity contribution in [1.82, 2.24) is 10.6 Å². The van der Waals surface area contributed by atoms with Gasteiger partial charge in [0.05, 0.1) is 5.84 Å². The monoisotopic (exact) mass is 407 g/mol. The summed E-state index contributed by atoms with van der Waals surface area (Å²) in [6.07, 6.45) is 2.21. The Morgan fingerprint density at radius 3 is 2.52 bits per heavy atom. The standard InChI is InChI=1S/C21H28F3N5/c1-14-8-9-18-15(11-14)20(26-13-29(18)12-21(22,23)24)28-17-6-3-2-5-16(17)27-19-7-4-10-25-19/h8-9,11,16-17H,2-7,10,12-13H2,1H3,(H,25,27)(H,26,28)/t16-,17+/m1/s1. The number of halogens is 3. The van der Waals surface area contributed by atoms with Gasteiger partial charge in [0.15, 0.2) is 0 Å². The molecule has 1 aromatic rings. The summed E-state index contributed by atoms with van der Waals surface area (Å²) in [5.41, 5.74) is 2.35. The van der Waals surface area contributed by atoms with Crippen LogP contribution in [0, 0.1) is 6.92 Å². The summed E-state index contributed by atoms with van der Waals surface area (Å²) in [7, 11) is 0. The SMILES string of the molecule is Cc1ccc2c(c1)C(N[C@H]1CCCC[C@H]1NC1=NCCC1)=NCN2CC(F)(F)F. The van der Waals surface area contributed by atoms with E-state index in [0.29, 0.717) is 11.5 Å². The van der Waals surface area contributed by atoms with Gasteiger partial charge in [-0.25, -0.2) is 4.99 Å². The van der Waals surface area contributed by atoms with Gasteiger partial charge in [-0.2, -0.15) is 13.2 Å². The van der Waals surface area contributed by atoms with E-state index < -0.39 is 12.7 Å². The molecule has 29 heavy (non-hydrogen) atoms. The van der Waals surface area contributed by atoms with E-state index in [1.54, 1.807) is 6.07 Å². The van der Waals surface area contributed by atoms with Gasteiger partial charge in [-0.1, -0.05) is 24.5 Å².